The van der Waals surface area contributed by atoms with Crippen molar-refractivity contribution in [1.29, 1.82) is 0 Å². The Kier molecular flexibility index (Phi) is 3.34. The molecule has 2 heterocycles. The molecule has 0 aromatic carbocycles. The fraction of sp³-hybridized carbons (Fsp3) is 0.545. The molecule has 0 fully saturated rings. The minimum absolute atomic E-state index is 0.366. The number of aromatic nitrogens is 4. The molecule has 1 atom stereocenters. The van der Waals surface area contributed by atoms with E-state index in [-0.39, 0.29) is 0 Å². The standard InChI is InChI=1S/C11H16N4O/c1-3-5-8(4-2)10-14-15-11(16-10)9-6-7-12-13-9/h6-8H,3-5H2,1-2H3,(H,12,13). The summed E-state index contributed by atoms with van der Waals surface area (Å²) in [5.74, 6) is 1.58. The zero-order valence-corrected chi connectivity index (χ0v) is 9.60. The van der Waals surface area contributed by atoms with Crippen LogP contribution < -0.4 is 0 Å². The molecule has 86 valence electrons. The van der Waals surface area contributed by atoms with Gasteiger partial charge in [0.25, 0.3) is 5.89 Å². The molecule has 0 saturated carbocycles. The monoisotopic (exact) mass is 220 g/mol. The van der Waals surface area contributed by atoms with Gasteiger partial charge in [0.2, 0.25) is 5.89 Å². The lowest BCUT2D eigenvalue weighted by Crippen LogP contribution is -1.96. The third kappa shape index (κ3) is 2.13. The van der Waals surface area contributed by atoms with E-state index in [2.05, 4.69) is 34.2 Å². The average molecular weight is 220 g/mol. The van der Waals surface area contributed by atoms with Crippen LogP contribution in [0.15, 0.2) is 16.7 Å². The molecule has 0 aliphatic rings. The Balaban J connectivity index is 2.18. The van der Waals surface area contributed by atoms with Gasteiger partial charge in [-0.3, -0.25) is 5.10 Å². The lowest BCUT2D eigenvalue weighted by Gasteiger charge is -2.07. The minimum Gasteiger partial charge on any atom is -0.419 e. The highest BCUT2D eigenvalue weighted by Gasteiger charge is 2.17. The van der Waals surface area contributed by atoms with Crippen LogP contribution in [0, 0.1) is 0 Å². The second kappa shape index (κ2) is 4.92. The molecule has 5 nitrogen and oxygen atoms in total. The third-order valence-electron chi connectivity index (χ3n) is 2.64. The van der Waals surface area contributed by atoms with Crippen molar-refractivity contribution in [2.75, 3.05) is 0 Å². The van der Waals surface area contributed by atoms with Gasteiger partial charge >= 0.3 is 0 Å². The van der Waals surface area contributed by atoms with Crippen molar-refractivity contribution in [2.24, 2.45) is 0 Å². The number of hydrogen-bond acceptors (Lipinski definition) is 4. The summed E-state index contributed by atoms with van der Waals surface area (Å²) in [6.45, 7) is 4.30. The zero-order chi connectivity index (χ0) is 11.4. The first-order chi connectivity index (χ1) is 7.85. The van der Waals surface area contributed by atoms with E-state index in [4.69, 9.17) is 4.42 Å². The maximum absolute atomic E-state index is 5.63. The van der Waals surface area contributed by atoms with Gasteiger partial charge in [-0.15, -0.1) is 10.2 Å². The van der Waals surface area contributed by atoms with Crippen LogP contribution in [0.5, 0.6) is 0 Å². The van der Waals surface area contributed by atoms with Crippen LogP contribution in [0.1, 0.15) is 44.9 Å². The summed E-state index contributed by atoms with van der Waals surface area (Å²) in [6.07, 6.45) is 4.97. The molecule has 2 aromatic heterocycles. The molecule has 0 amide bonds. The third-order valence-corrected chi connectivity index (χ3v) is 2.64. The Hall–Kier alpha value is -1.65. The lowest BCUT2D eigenvalue weighted by molar-refractivity contribution is 0.427. The average Bonchev–Trinajstić information content (AvgIpc) is 2.95. The molecular weight excluding hydrogens is 204 g/mol. The Morgan fingerprint density at radius 1 is 1.38 bits per heavy atom. The van der Waals surface area contributed by atoms with Gasteiger partial charge in [-0.1, -0.05) is 20.3 Å². The smallest absolute Gasteiger partial charge is 0.268 e. The predicted octanol–water partition coefficient (Wildman–Crippen LogP) is 2.75. The maximum Gasteiger partial charge on any atom is 0.268 e. The highest BCUT2D eigenvalue weighted by molar-refractivity contribution is 5.44. The van der Waals surface area contributed by atoms with Gasteiger partial charge < -0.3 is 4.42 Å². The van der Waals surface area contributed by atoms with Gasteiger partial charge in [-0.25, -0.2) is 0 Å². The van der Waals surface area contributed by atoms with Crippen LogP contribution in [0.3, 0.4) is 0 Å². The summed E-state index contributed by atoms with van der Waals surface area (Å²) in [7, 11) is 0. The summed E-state index contributed by atoms with van der Waals surface area (Å²) < 4.78 is 5.63. The number of rotatable bonds is 5. The van der Waals surface area contributed by atoms with Crippen LogP contribution >= 0.6 is 0 Å². The SMILES string of the molecule is CCCC(CC)c1nnc(-c2cc[nH]n2)o1. The fourth-order valence-corrected chi connectivity index (χ4v) is 1.73. The van der Waals surface area contributed by atoms with E-state index < -0.39 is 0 Å². The first kappa shape index (κ1) is 10.9. The molecule has 0 spiro atoms. The highest BCUT2D eigenvalue weighted by atomic mass is 16.4. The largest absolute Gasteiger partial charge is 0.419 e. The van der Waals surface area contributed by atoms with Gasteiger partial charge in [0.15, 0.2) is 0 Å². The zero-order valence-electron chi connectivity index (χ0n) is 9.60. The van der Waals surface area contributed by atoms with E-state index in [1.807, 2.05) is 6.07 Å². The second-order valence-electron chi connectivity index (χ2n) is 3.80. The van der Waals surface area contributed by atoms with Crippen molar-refractivity contribution in [3.8, 4) is 11.6 Å². The number of nitrogens with zero attached hydrogens (tertiary/aromatic N) is 3. The van der Waals surface area contributed by atoms with E-state index in [0.29, 0.717) is 17.5 Å². The van der Waals surface area contributed by atoms with Crippen molar-refractivity contribution in [1.82, 2.24) is 20.4 Å². The lowest BCUT2D eigenvalue weighted by atomic mass is 10.0. The Labute approximate surface area is 94.3 Å². The molecule has 2 aromatic rings. The van der Waals surface area contributed by atoms with Crippen molar-refractivity contribution < 1.29 is 4.42 Å². The van der Waals surface area contributed by atoms with Gasteiger partial charge in [-0.05, 0) is 18.9 Å². The van der Waals surface area contributed by atoms with E-state index in [1.165, 1.54) is 0 Å². The first-order valence-electron chi connectivity index (χ1n) is 5.68. The summed E-state index contributed by atoms with van der Waals surface area (Å²) >= 11 is 0. The maximum atomic E-state index is 5.63. The van der Waals surface area contributed by atoms with Crippen molar-refractivity contribution in [3.05, 3.63) is 18.2 Å². The topological polar surface area (TPSA) is 67.6 Å². The second-order valence-corrected chi connectivity index (χ2v) is 3.80. The highest BCUT2D eigenvalue weighted by Crippen LogP contribution is 2.25. The van der Waals surface area contributed by atoms with Crippen LogP contribution in [0.2, 0.25) is 0 Å². The summed E-state index contributed by atoms with van der Waals surface area (Å²) in [4.78, 5) is 0. The molecule has 1 N–H and O–H groups in total. The van der Waals surface area contributed by atoms with Crippen molar-refractivity contribution in [3.63, 3.8) is 0 Å². The van der Waals surface area contributed by atoms with Gasteiger partial charge in [-0.2, -0.15) is 5.10 Å². The predicted molar refractivity (Wildman–Crippen MR) is 59.8 cm³/mol. The number of nitrogens with one attached hydrogen (secondary N) is 1. The van der Waals surface area contributed by atoms with E-state index in [1.54, 1.807) is 6.20 Å². The molecule has 0 saturated heterocycles. The van der Waals surface area contributed by atoms with Crippen LogP contribution in [-0.4, -0.2) is 20.4 Å². The van der Waals surface area contributed by atoms with Crippen LogP contribution in [-0.2, 0) is 0 Å². The molecular formula is C11H16N4O. The molecule has 0 bridgehead atoms. The van der Waals surface area contributed by atoms with Crippen LogP contribution in [0.4, 0.5) is 0 Å². The van der Waals surface area contributed by atoms with Gasteiger partial charge in [0, 0.05) is 12.1 Å². The summed E-state index contributed by atoms with van der Waals surface area (Å²) in [5.41, 5.74) is 0.699. The van der Waals surface area contributed by atoms with Crippen molar-refractivity contribution in [2.45, 2.75) is 39.0 Å². The quantitative estimate of drug-likeness (QED) is 0.841. The minimum atomic E-state index is 0.366. The van der Waals surface area contributed by atoms with Crippen molar-refractivity contribution >= 4 is 0 Å². The molecule has 0 radical (unpaired) electrons. The first-order valence-corrected chi connectivity index (χ1v) is 5.68. The number of aromatic amines is 1. The van der Waals surface area contributed by atoms with Gasteiger partial charge in [0.05, 0.1) is 0 Å². The number of hydrogen-bond donors (Lipinski definition) is 1. The Bertz CT molecular complexity index is 421. The van der Waals surface area contributed by atoms with Crippen LogP contribution in [0.25, 0.3) is 11.6 Å². The van der Waals surface area contributed by atoms with E-state index in [0.717, 1.165) is 25.2 Å². The molecule has 5 heteroatoms. The number of H-pyrrole nitrogens is 1. The summed E-state index contributed by atoms with van der Waals surface area (Å²) in [6, 6.07) is 1.82. The normalized spacial score (nSPS) is 12.9. The fourth-order valence-electron chi connectivity index (χ4n) is 1.73. The Morgan fingerprint density at radius 2 is 2.25 bits per heavy atom. The molecule has 1 unspecified atom stereocenters. The van der Waals surface area contributed by atoms with E-state index in [9.17, 15) is 0 Å². The molecule has 0 aliphatic carbocycles. The van der Waals surface area contributed by atoms with Gasteiger partial charge in [0.1, 0.15) is 5.69 Å². The molecule has 16 heavy (non-hydrogen) atoms. The molecule has 0 aliphatic heterocycles. The Morgan fingerprint density at radius 3 is 2.88 bits per heavy atom. The van der Waals surface area contributed by atoms with E-state index >= 15 is 0 Å². The summed E-state index contributed by atoms with van der Waals surface area (Å²) in [5, 5.41) is 14.8. The molecule has 2 rings (SSSR count).